The molecule has 1 fully saturated rings. The number of aromatic nitrogens is 1. The SMILES string of the molecule is CC1(c2ccc(OC(F)F)cc2)NC(=O)N(/N=C/c2ccncc2)C1=O. The average Bonchev–Trinajstić information content (AvgIpc) is 2.84. The number of benzene rings is 1. The minimum Gasteiger partial charge on any atom is -0.435 e. The van der Waals surface area contributed by atoms with Gasteiger partial charge < -0.3 is 10.1 Å². The van der Waals surface area contributed by atoms with Crippen LogP contribution in [0.4, 0.5) is 13.6 Å². The number of halogens is 2. The molecular formula is C17H14F2N4O3. The van der Waals surface area contributed by atoms with Gasteiger partial charge in [-0.3, -0.25) is 9.78 Å². The van der Waals surface area contributed by atoms with Crippen LogP contribution < -0.4 is 10.1 Å². The van der Waals surface area contributed by atoms with Crippen molar-refractivity contribution in [1.29, 1.82) is 0 Å². The molecule has 1 aromatic heterocycles. The molecule has 26 heavy (non-hydrogen) atoms. The first-order valence-electron chi connectivity index (χ1n) is 7.56. The van der Waals surface area contributed by atoms with Crippen LogP contribution in [0, 0.1) is 0 Å². The summed E-state index contributed by atoms with van der Waals surface area (Å²) in [5.41, 5.74) is -0.280. The van der Waals surface area contributed by atoms with E-state index < -0.39 is 24.1 Å². The second kappa shape index (κ2) is 6.87. The molecule has 1 N–H and O–H groups in total. The van der Waals surface area contributed by atoms with E-state index in [-0.39, 0.29) is 5.75 Å². The maximum atomic E-state index is 12.7. The molecule has 2 heterocycles. The molecule has 0 radical (unpaired) electrons. The molecule has 1 aromatic carbocycles. The minimum atomic E-state index is -2.94. The number of rotatable bonds is 5. The molecule has 1 aliphatic heterocycles. The predicted molar refractivity (Wildman–Crippen MR) is 87.6 cm³/mol. The molecule has 3 rings (SSSR count). The number of nitrogens with zero attached hydrogens (tertiary/aromatic N) is 3. The smallest absolute Gasteiger partial charge is 0.387 e. The molecule has 1 unspecified atom stereocenters. The number of carbonyl (C=O) groups is 2. The molecule has 0 aliphatic carbocycles. The van der Waals surface area contributed by atoms with Crippen LogP contribution >= 0.6 is 0 Å². The fourth-order valence-electron chi connectivity index (χ4n) is 2.47. The van der Waals surface area contributed by atoms with Gasteiger partial charge in [-0.05, 0) is 42.3 Å². The summed E-state index contributed by atoms with van der Waals surface area (Å²) >= 11 is 0. The summed E-state index contributed by atoms with van der Waals surface area (Å²) in [5.74, 6) is -0.632. The van der Waals surface area contributed by atoms with Gasteiger partial charge in [0.1, 0.15) is 11.3 Å². The summed E-state index contributed by atoms with van der Waals surface area (Å²) in [4.78, 5) is 28.7. The molecule has 134 valence electrons. The Kier molecular flexibility index (Phi) is 4.61. The molecule has 0 spiro atoms. The Morgan fingerprint density at radius 3 is 2.46 bits per heavy atom. The van der Waals surface area contributed by atoms with E-state index in [1.165, 1.54) is 37.4 Å². The third-order valence-electron chi connectivity index (χ3n) is 3.85. The highest BCUT2D eigenvalue weighted by Crippen LogP contribution is 2.30. The van der Waals surface area contributed by atoms with Gasteiger partial charge in [0.25, 0.3) is 5.91 Å². The van der Waals surface area contributed by atoms with E-state index >= 15 is 0 Å². The van der Waals surface area contributed by atoms with Crippen LogP contribution in [0.3, 0.4) is 0 Å². The molecule has 3 amide bonds. The number of hydrogen-bond donors (Lipinski definition) is 1. The average molecular weight is 360 g/mol. The van der Waals surface area contributed by atoms with Gasteiger partial charge in [-0.25, -0.2) is 4.79 Å². The quantitative estimate of drug-likeness (QED) is 0.656. The Bertz CT molecular complexity index is 843. The number of pyridine rings is 1. The zero-order chi connectivity index (χ0) is 18.7. The number of hydrazone groups is 1. The maximum Gasteiger partial charge on any atom is 0.387 e. The van der Waals surface area contributed by atoms with Gasteiger partial charge in [0.15, 0.2) is 0 Å². The lowest BCUT2D eigenvalue weighted by Crippen LogP contribution is -2.40. The molecule has 1 saturated heterocycles. The van der Waals surface area contributed by atoms with Crippen molar-refractivity contribution in [2.45, 2.75) is 19.1 Å². The minimum absolute atomic E-state index is 0.0447. The van der Waals surface area contributed by atoms with Crippen molar-refractivity contribution >= 4 is 18.2 Å². The van der Waals surface area contributed by atoms with Crippen LogP contribution in [-0.2, 0) is 10.3 Å². The van der Waals surface area contributed by atoms with E-state index in [2.05, 4.69) is 20.1 Å². The molecule has 0 bridgehead atoms. The van der Waals surface area contributed by atoms with Gasteiger partial charge in [0, 0.05) is 12.4 Å². The highest BCUT2D eigenvalue weighted by molar-refractivity contribution is 6.07. The summed E-state index contributed by atoms with van der Waals surface area (Å²) < 4.78 is 28.7. The van der Waals surface area contributed by atoms with Crippen LogP contribution in [0.15, 0.2) is 53.9 Å². The largest absolute Gasteiger partial charge is 0.435 e. The highest BCUT2D eigenvalue weighted by Gasteiger charge is 2.49. The zero-order valence-electron chi connectivity index (χ0n) is 13.6. The zero-order valence-corrected chi connectivity index (χ0v) is 13.6. The van der Waals surface area contributed by atoms with Gasteiger partial charge in [-0.1, -0.05) is 12.1 Å². The molecule has 1 aliphatic rings. The van der Waals surface area contributed by atoms with E-state index in [1.807, 2.05) is 0 Å². The first-order valence-corrected chi connectivity index (χ1v) is 7.56. The second-order valence-corrected chi connectivity index (χ2v) is 5.60. The Morgan fingerprint density at radius 2 is 1.85 bits per heavy atom. The lowest BCUT2D eigenvalue weighted by atomic mass is 9.92. The normalized spacial score (nSPS) is 20.1. The van der Waals surface area contributed by atoms with Crippen molar-refractivity contribution in [1.82, 2.24) is 15.3 Å². The topological polar surface area (TPSA) is 83.9 Å². The number of imide groups is 1. The number of amides is 3. The van der Waals surface area contributed by atoms with E-state index in [1.54, 1.807) is 24.5 Å². The number of ether oxygens (including phenoxy) is 1. The van der Waals surface area contributed by atoms with Crippen LogP contribution in [0.25, 0.3) is 0 Å². The number of hydrogen-bond acceptors (Lipinski definition) is 5. The standard InChI is InChI=1S/C17H14F2N4O3/c1-17(12-2-4-13(5-3-12)26-15(18)19)14(24)23(16(25)22-17)21-10-11-6-8-20-9-7-11/h2-10,15H,1H3,(H,22,25)/b21-10+. The summed E-state index contributed by atoms with van der Waals surface area (Å²) in [6, 6.07) is 8.13. The van der Waals surface area contributed by atoms with Gasteiger partial charge in [-0.15, -0.1) is 5.01 Å². The fourth-order valence-corrected chi connectivity index (χ4v) is 2.47. The lowest BCUT2D eigenvalue weighted by molar-refractivity contribution is -0.131. The van der Waals surface area contributed by atoms with Crippen molar-refractivity contribution < 1.29 is 23.1 Å². The van der Waals surface area contributed by atoms with Crippen LogP contribution in [0.5, 0.6) is 5.75 Å². The first-order chi connectivity index (χ1) is 12.4. The third kappa shape index (κ3) is 3.37. The Labute approximate surface area is 147 Å². The molecule has 7 nitrogen and oxygen atoms in total. The van der Waals surface area contributed by atoms with E-state index in [9.17, 15) is 18.4 Å². The predicted octanol–water partition coefficient (Wildman–Crippen LogP) is 2.48. The molecule has 0 saturated carbocycles. The number of alkyl halides is 2. The maximum absolute atomic E-state index is 12.7. The van der Waals surface area contributed by atoms with Crippen molar-refractivity contribution in [2.24, 2.45) is 5.10 Å². The number of urea groups is 1. The van der Waals surface area contributed by atoms with Gasteiger partial charge in [0.05, 0.1) is 6.21 Å². The molecular weight excluding hydrogens is 346 g/mol. The van der Waals surface area contributed by atoms with Gasteiger partial charge >= 0.3 is 12.6 Å². The fraction of sp³-hybridized carbons (Fsp3) is 0.176. The summed E-state index contributed by atoms with van der Waals surface area (Å²) in [6.07, 6.45) is 4.48. The van der Waals surface area contributed by atoms with Crippen LogP contribution in [0.2, 0.25) is 0 Å². The van der Waals surface area contributed by atoms with Gasteiger partial charge in [0.2, 0.25) is 0 Å². The van der Waals surface area contributed by atoms with Gasteiger partial charge in [-0.2, -0.15) is 13.9 Å². The molecule has 1 atom stereocenters. The van der Waals surface area contributed by atoms with E-state index in [4.69, 9.17) is 0 Å². The summed E-state index contributed by atoms with van der Waals surface area (Å²) in [7, 11) is 0. The van der Waals surface area contributed by atoms with Crippen LogP contribution in [0.1, 0.15) is 18.1 Å². The van der Waals surface area contributed by atoms with Crippen molar-refractivity contribution in [3.05, 3.63) is 59.9 Å². The Morgan fingerprint density at radius 1 is 1.19 bits per heavy atom. The summed E-state index contributed by atoms with van der Waals surface area (Å²) in [6.45, 7) is -1.43. The van der Waals surface area contributed by atoms with Crippen molar-refractivity contribution in [3.63, 3.8) is 0 Å². The van der Waals surface area contributed by atoms with E-state index in [0.717, 1.165) is 5.01 Å². The first kappa shape index (κ1) is 17.5. The van der Waals surface area contributed by atoms with Crippen LogP contribution in [-0.4, -0.2) is 34.8 Å². The Balaban J connectivity index is 1.81. The third-order valence-corrected chi connectivity index (χ3v) is 3.85. The van der Waals surface area contributed by atoms with Crippen molar-refractivity contribution in [3.8, 4) is 5.75 Å². The summed E-state index contributed by atoms with van der Waals surface area (Å²) in [5, 5.41) is 7.22. The highest BCUT2D eigenvalue weighted by atomic mass is 19.3. The van der Waals surface area contributed by atoms with E-state index in [0.29, 0.717) is 11.1 Å². The van der Waals surface area contributed by atoms with Crippen molar-refractivity contribution in [2.75, 3.05) is 0 Å². The Hall–Kier alpha value is -3.36. The number of nitrogens with one attached hydrogen (secondary N) is 1. The molecule has 9 heteroatoms. The second-order valence-electron chi connectivity index (χ2n) is 5.60. The molecule has 2 aromatic rings. The lowest BCUT2D eigenvalue weighted by Gasteiger charge is -2.21. The monoisotopic (exact) mass is 360 g/mol. The number of carbonyl (C=O) groups excluding carboxylic acids is 2.